The molecule has 14 heteroatoms. The van der Waals surface area contributed by atoms with Crippen LogP contribution in [0.4, 0.5) is 0 Å². The minimum atomic E-state index is -0.865. The summed E-state index contributed by atoms with van der Waals surface area (Å²) in [5.74, 6) is -2.14. The lowest BCUT2D eigenvalue weighted by Gasteiger charge is -2.34. The van der Waals surface area contributed by atoms with Gasteiger partial charge in [0.2, 0.25) is 5.91 Å². The van der Waals surface area contributed by atoms with Crippen molar-refractivity contribution in [3.8, 4) is 0 Å². The molecule has 0 saturated carbocycles. The van der Waals surface area contributed by atoms with E-state index in [1.165, 1.54) is 0 Å². The molecule has 0 atom stereocenters. The molecular formula is C33H61N5O9. The van der Waals surface area contributed by atoms with Crippen molar-refractivity contribution >= 4 is 29.8 Å². The Morgan fingerprint density at radius 3 is 1.11 bits per heavy atom. The molecule has 1 aliphatic heterocycles. The van der Waals surface area contributed by atoms with E-state index in [0.717, 1.165) is 0 Å². The number of hydrogen-bond acceptors (Lipinski definition) is 12. The number of hydrogen-bond donors (Lipinski definition) is 2. The van der Waals surface area contributed by atoms with E-state index in [1.54, 1.807) is 0 Å². The normalized spacial score (nSPS) is 17.2. The molecule has 1 saturated heterocycles. The quantitative estimate of drug-likeness (QED) is 0.165. The summed E-state index contributed by atoms with van der Waals surface area (Å²) in [6.07, 6.45) is 1.09. The molecule has 0 unspecified atom stereocenters. The average Bonchev–Trinajstić information content (AvgIpc) is 2.86. The Bertz CT molecular complexity index is 971. The zero-order chi connectivity index (χ0) is 35.8. The smallest absolute Gasteiger partial charge is 0.320 e. The van der Waals surface area contributed by atoms with Crippen molar-refractivity contribution in [1.29, 1.82) is 0 Å². The monoisotopic (exact) mass is 671 g/mol. The highest BCUT2D eigenvalue weighted by Crippen LogP contribution is 2.11. The third-order valence-electron chi connectivity index (χ3n) is 6.75. The first-order chi connectivity index (χ1) is 21.6. The second kappa shape index (κ2) is 19.9. The second-order valence-corrected chi connectivity index (χ2v) is 15.1. The van der Waals surface area contributed by atoms with E-state index in [0.29, 0.717) is 71.7 Å². The average molecular weight is 672 g/mol. The van der Waals surface area contributed by atoms with E-state index in [1.807, 2.05) is 81.9 Å². The molecule has 0 spiro atoms. The number of esters is 3. The fraction of sp³-hybridized carbons (Fsp3) is 0.848. The lowest BCUT2D eigenvalue weighted by molar-refractivity contribution is -0.158. The second-order valence-electron chi connectivity index (χ2n) is 15.1. The largest absolute Gasteiger partial charge is 0.481 e. The lowest BCUT2D eigenvalue weighted by Crippen LogP contribution is -2.50. The van der Waals surface area contributed by atoms with Gasteiger partial charge in [0.15, 0.2) is 0 Å². The number of nitrogens with one attached hydrogen (secondary N) is 1. The highest BCUT2D eigenvalue weighted by molar-refractivity contribution is 5.78. The number of unbranched alkanes of at least 4 members (excludes halogenated alkanes) is 1. The summed E-state index contributed by atoms with van der Waals surface area (Å²) >= 11 is 0. The standard InChI is InChI=1S/C33H61N5O9/c1-31(2,3)45-28(42)23-36-16-14-35(22-26(39)34-13-11-10-12-27(40)41)15-17-37(24-29(43)46-32(4,5)6)19-21-38(20-18-36)25-30(44)47-33(7,8)9/h10-25H2,1-9H3,(H,34,39)(H,40,41). The van der Waals surface area contributed by atoms with Crippen molar-refractivity contribution in [3.63, 3.8) is 0 Å². The number of carbonyl (C=O) groups excluding carboxylic acids is 4. The zero-order valence-electron chi connectivity index (χ0n) is 30.3. The van der Waals surface area contributed by atoms with Crippen molar-refractivity contribution in [1.82, 2.24) is 24.9 Å². The zero-order valence-corrected chi connectivity index (χ0v) is 30.3. The molecule has 14 nitrogen and oxygen atoms in total. The molecule has 0 radical (unpaired) electrons. The lowest BCUT2D eigenvalue weighted by atomic mass is 10.2. The molecule has 0 aromatic rings. The van der Waals surface area contributed by atoms with Gasteiger partial charge in [0.25, 0.3) is 0 Å². The Morgan fingerprint density at radius 1 is 0.532 bits per heavy atom. The molecule has 1 aliphatic rings. The number of carbonyl (C=O) groups is 5. The Kier molecular flexibility index (Phi) is 17.9. The number of ether oxygens (including phenoxy) is 3. The van der Waals surface area contributed by atoms with Crippen molar-refractivity contribution in [2.45, 2.75) is 98.4 Å². The van der Waals surface area contributed by atoms with Gasteiger partial charge in [-0.05, 0) is 75.2 Å². The Hall–Kier alpha value is -2.81. The van der Waals surface area contributed by atoms with Gasteiger partial charge in [-0.3, -0.25) is 43.6 Å². The topological polar surface area (TPSA) is 158 Å². The summed E-state index contributed by atoms with van der Waals surface area (Å²) < 4.78 is 16.7. The summed E-state index contributed by atoms with van der Waals surface area (Å²) in [4.78, 5) is 70.0. The van der Waals surface area contributed by atoms with Crippen LogP contribution in [0, 0.1) is 0 Å². The first-order valence-corrected chi connectivity index (χ1v) is 16.6. The molecule has 47 heavy (non-hydrogen) atoms. The summed E-state index contributed by atoms with van der Waals surface area (Å²) in [6, 6.07) is 0. The van der Waals surface area contributed by atoms with Crippen molar-refractivity contribution in [3.05, 3.63) is 0 Å². The fourth-order valence-corrected chi connectivity index (χ4v) is 4.77. The molecule has 0 aliphatic carbocycles. The molecule has 1 rings (SSSR count). The van der Waals surface area contributed by atoms with Crippen LogP contribution < -0.4 is 5.32 Å². The predicted molar refractivity (Wildman–Crippen MR) is 178 cm³/mol. The van der Waals surface area contributed by atoms with Gasteiger partial charge < -0.3 is 24.6 Å². The molecule has 272 valence electrons. The highest BCUT2D eigenvalue weighted by atomic mass is 16.6. The van der Waals surface area contributed by atoms with Crippen molar-refractivity contribution in [2.24, 2.45) is 0 Å². The van der Waals surface area contributed by atoms with Crippen molar-refractivity contribution < 1.29 is 43.3 Å². The number of rotatable bonds is 13. The maximum absolute atomic E-state index is 12.9. The van der Waals surface area contributed by atoms with Crippen molar-refractivity contribution in [2.75, 3.05) is 85.1 Å². The van der Waals surface area contributed by atoms with Gasteiger partial charge in [-0.1, -0.05) is 0 Å². The van der Waals surface area contributed by atoms with Crippen LogP contribution in [0.15, 0.2) is 0 Å². The first-order valence-electron chi connectivity index (χ1n) is 16.6. The number of amides is 1. The van der Waals surface area contributed by atoms with Crippen LogP contribution in [0.3, 0.4) is 0 Å². The van der Waals surface area contributed by atoms with Crippen LogP contribution in [-0.4, -0.2) is 156 Å². The molecule has 0 aromatic carbocycles. The Balaban J connectivity index is 3.16. The van der Waals surface area contributed by atoms with E-state index in [9.17, 15) is 24.0 Å². The highest BCUT2D eigenvalue weighted by Gasteiger charge is 2.26. The van der Waals surface area contributed by atoms with E-state index < -0.39 is 22.8 Å². The first kappa shape index (κ1) is 42.2. The van der Waals surface area contributed by atoms with E-state index >= 15 is 0 Å². The van der Waals surface area contributed by atoms with E-state index in [-0.39, 0.29) is 56.4 Å². The van der Waals surface area contributed by atoms with E-state index in [2.05, 4.69) is 5.32 Å². The van der Waals surface area contributed by atoms with Gasteiger partial charge in [0.05, 0.1) is 26.2 Å². The Morgan fingerprint density at radius 2 is 0.830 bits per heavy atom. The van der Waals surface area contributed by atoms with Crippen LogP contribution in [-0.2, 0) is 38.2 Å². The number of carboxylic acids is 1. The summed E-state index contributed by atoms with van der Waals surface area (Å²) in [5.41, 5.74) is -1.92. The summed E-state index contributed by atoms with van der Waals surface area (Å²) in [7, 11) is 0. The van der Waals surface area contributed by atoms with Crippen LogP contribution in [0.2, 0.25) is 0 Å². The van der Waals surface area contributed by atoms with Crippen LogP contribution in [0.1, 0.15) is 81.6 Å². The summed E-state index contributed by atoms with van der Waals surface area (Å²) in [5, 5.41) is 11.7. The minimum absolute atomic E-state index is 0.0475. The Labute approximate surface area is 281 Å². The van der Waals surface area contributed by atoms with Gasteiger partial charge in [0, 0.05) is 65.3 Å². The third kappa shape index (κ3) is 23.2. The molecule has 0 bridgehead atoms. The van der Waals surface area contributed by atoms with Gasteiger partial charge in [-0.2, -0.15) is 0 Å². The van der Waals surface area contributed by atoms with E-state index in [4.69, 9.17) is 19.3 Å². The number of carboxylic acid groups (broad SMARTS) is 1. The number of nitrogens with zero attached hydrogens (tertiary/aromatic N) is 4. The summed E-state index contributed by atoms with van der Waals surface area (Å²) in [6.45, 7) is 20.6. The van der Waals surface area contributed by atoms with Crippen LogP contribution >= 0.6 is 0 Å². The SMILES string of the molecule is CC(C)(C)OC(=O)CN1CCN(CC(=O)NCCCCC(=O)O)CCN(CC(=O)OC(C)(C)C)CCN(CC(=O)OC(C)(C)C)CC1. The molecule has 1 amide bonds. The third-order valence-corrected chi connectivity index (χ3v) is 6.75. The maximum Gasteiger partial charge on any atom is 0.320 e. The molecule has 1 heterocycles. The van der Waals surface area contributed by atoms with Gasteiger partial charge in [-0.15, -0.1) is 0 Å². The molecule has 2 N–H and O–H groups in total. The van der Waals surface area contributed by atoms with Crippen LogP contribution in [0.5, 0.6) is 0 Å². The number of aliphatic carboxylic acids is 1. The fourth-order valence-electron chi connectivity index (χ4n) is 4.77. The molecule has 0 aromatic heterocycles. The van der Waals surface area contributed by atoms with Crippen LogP contribution in [0.25, 0.3) is 0 Å². The van der Waals surface area contributed by atoms with Gasteiger partial charge in [0.1, 0.15) is 16.8 Å². The molecular weight excluding hydrogens is 610 g/mol. The van der Waals surface area contributed by atoms with Gasteiger partial charge in [-0.25, -0.2) is 0 Å². The maximum atomic E-state index is 12.9. The van der Waals surface area contributed by atoms with Gasteiger partial charge >= 0.3 is 23.9 Å². The predicted octanol–water partition coefficient (Wildman–Crippen LogP) is 1.60. The molecule has 1 fully saturated rings. The minimum Gasteiger partial charge on any atom is -0.481 e.